The topological polar surface area (TPSA) is 86.8 Å². The number of hydrogen-bond donors (Lipinski definition) is 1. The zero-order chi connectivity index (χ0) is 28.6. The van der Waals surface area contributed by atoms with Crippen molar-refractivity contribution in [3.05, 3.63) is 63.1 Å². The number of carbonyl (C=O) groups is 2. The van der Waals surface area contributed by atoms with Crippen LogP contribution in [0.15, 0.2) is 42.5 Å². The second kappa shape index (κ2) is 14.6. The summed E-state index contributed by atoms with van der Waals surface area (Å²) in [6.45, 7) is 2.01. The number of halogens is 3. The van der Waals surface area contributed by atoms with Crippen molar-refractivity contribution >= 4 is 62.3 Å². The van der Waals surface area contributed by atoms with Crippen molar-refractivity contribution in [2.24, 2.45) is 0 Å². The van der Waals surface area contributed by atoms with Crippen LogP contribution in [0.25, 0.3) is 0 Å². The summed E-state index contributed by atoms with van der Waals surface area (Å²) < 4.78 is 26.2. The molecule has 0 heterocycles. The Balaban J connectivity index is 1.80. The molecule has 0 radical (unpaired) electrons. The normalized spacial score (nSPS) is 15.0. The first-order valence-electron chi connectivity index (χ1n) is 13.3. The van der Waals surface area contributed by atoms with Gasteiger partial charge in [-0.15, -0.1) is 0 Å². The van der Waals surface area contributed by atoms with Crippen molar-refractivity contribution < 1.29 is 18.0 Å². The molecule has 7 nitrogen and oxygen atoms in total. The highest BCUT2D eigenvalue weighted by molar-refractivity contribution is 7.92. The molecule has 11 heteroatoms. The number of nitrogens with one attached hydrogen (secondary N) is 1. The maximum atomic E-state index is 13.7. The van der Waals surface area contributed by atoms with Gasteiger partial charge in [0.2, 0.25) is 21.8 Å². The number of carbonyl (C=O) groups excluding carboxylic acids is 2. The molecule has 1 fully saturated rings. The molecule has 0 saturated heterocycles. The Morgan fingerprint density at radius 3 is 2.26 bits per heavy atom. The third kappa shape index (κ3) is 9.00. The van der Waals surface area contributed by atoms with Crippen LogP contribution in [0.3, 0.4) is 0 Å². The van der Waals surface area contributed by atoms with E-state index in [-0.39, 0.29) is 43.8 Å². The number of amides is 2. The lowest BCUT2D eigenvalue weighted by Crippen LogP contribution is -2.51. The zero-order valence-corrected chi connectivity index (χ0v) is 25.4. The molecular formula is C28H36Cl3N3O4S. The van der Waals surface area contributed by atoms with Crippen molar-refractivity contribution in [1.82, 2.24) is 10.2 Å². The molecule has 1 aliphatic carbocycles. The van der Waals surface area contributed by atoms with E-state index in [0.29, 0.717) is 32.7 Å². The Labute approximate surface area is 246 Å². The van der Waals surface area contributed by atoms with E-state index in [4.69, 9.17) is 34.8 Å². The molecule has 39 heavy (non-hydrogen) atoms. The highest BCUT2D eigenvalue weighted by Crippen LogP contribution is 2.28. The van der Waals surface area contributed by atoms with E-state index in [1.165, 1.54) is 15.6 Å². The van der Waals surface area contributed by atoms with Crippen molar-refractivity contribution in [2.45, 2.75) is 76.9 Å². The summed E-state index contributed by atoms with van der Waals surface area (Å²) in [5, 5.41) is 4.37. The van der Waals surface area contributed by atoms with E-state index >= 15 is 0 Å². The fourth-order valence-corrected chi connectivity index (χ4v) is 6.61. The minimum atomic E-state index is -3.61. The van der Waals surface area contributed by atoms with Crippen molar-refractivity contribution in [2.75, 3.05) is 17.1 Å². The number of rotatable bonds is 12. The average Bonchev–Trinajstić information content (AvgIpc) is 2.88. The lowest BCUT2D eigenvalue weighted by atomic mass is 9.95. The summed E-state index contributed by atoms with van der Waals surface area (Å²) in [5.41, 5.74) is 0.991. The molecule has 2 amide bonds. The van der Waals surface area contributed by atoms with Crippen LogP contribution in [-0.4, -0.2) is 50.0 Å². The molecule has 0 bridgehead atoms. The summed E-state index contributed by atoms with van der Waals surface area (Å²) in [6, 6.07) is 11.1. The summed E-state index contributed by atoms with van der Waals surface area (Å²) >= 11 is 18.9. The molecule has 2 aromatic rings. The first kappa shape index (κ1) is 31.5. The molecule has 0 aromatic heterocycles. The Hall–Kier alpha value is -2.00. The summed E-state index contributed by atoms with van der Waals surface area (Å²) in [7, 11) is -3.61. The number of benzene rings is 2. The molecule has 0 aliphatic heterocycles. The lowest BCUT2D eigenvalue weighted by Gasteiger charge is -2.33. The average molecular weight is 617 g/mol. The van der Waals surface area contributed by atoms with Crippen LogP contribution in [0.1, 0.15) is 63.9 Å². The third-order valence-electron chi connectivity index (χ3n) is 6.98. The van der Waals surface area contributed by atoms with Crippen LogP contribution in [0, 0.1) is 0 Å². The minimum Gasteiger partial charge on any atom is -0.352 e. The van der Waals surface area contributed by atoms with Gasteiger partial charge in [-0.3, -0.25) is 13.9 Å². The Kier molecular flexibility index (Phi) is 11.8. The van der Waals surface area contributed by atoms with E-state index in [2.05, 4.69) is 5.32 Å². The monoisotopic (exact) mass is 615 g/mol. The van der Waals surface area contributed by atoms with Gasteiger partial charge in [-0.05, 0) is 56.0 Å². The van der Waals surface area contributed by atoms with Crippen LogP contribution in [0.2, 0.25) is 15.1 Å². The standard InChI is InChI=1S/C28H36Cl3N3O4S/c1-3-26(28(36)32-21-11-5-4-6-12-21)33(19-23-24(30)14-8-15-25(23)31)27(35)16-9-17-34(39(2,37)38)22-13-7-10-20(29)18-22/h7-8,10,13-15,18,21,26H,3-6,9,11-12,16-17,19H2,1-2H3,(H,32,36)/t26-/m0/s1. The maximum absolute atomic E-state index is 13.7. The first-order valence-corrected chi connectivity index (χ1v) is 16.3. The van der Waals surface area contributed by atoms with E-state index < -0.39 is 16.1 Å². The molecule has 3 rings (SSSR count). The van der Waals surface area contributed by atoms with Gasteiger partial charge in [0.05, 0.1) is 11.9 Å². The highest BCUT2D eigenvalue weighted by Gasteiger charge is 2.31. The number of hydrogen-bond acceptors (Lipinski definition) is 4. The van der Waals surface area contributed by atoms with Crippen molar-refractivity contribution in [3.63, 3.8) is 0 Å². The van der Waals surface area contributed by atoms with Crippen molar-refractivity contribution in [1.29, 1.82) is 0 Å². The van der Waals surface area contributed by atoms with Crippen LogP contribution < -0.4 is 9.62 Å². The Bertz CT molecular complexity index is 1230. The van der Waals surface area contributed by atoms with E-state index in [9.17, 15) is 18.0 Å². The molecule has 2 aromatic carbocycles. The van der Waals surface area contributed by atoms with Crippen molar-refractivity contribution in [3.8, 4) is 0 Å². The van der Waals surface area contributed by atoms with E-state index in [0.717, 1.165) is 31.9 Å². The largest absolute Gasteiger partial charge is 0.352 e. The molecule has 214 valence electrons. The molecule has 1 N–H and O–H groups in total. The van der Waals surface area contributed by atoms with Gasteiger partial charge < -0.3 is 10.2 Å². The highest BCUT2D eigenvalue weighted by atomic mass is 35.5. The lowest BCUT2D eigenvalue weighted by molar-refractivity contribution is -0.141. The summed E-state index contributed by atoms with van der Waals surface area (Å²) in [5.74, 6) is -0.478. The fraction of sp³-hybridized carbons (Fsp3) is 0.500. The van der Waals surface area contributed by atoms with Crippen LogP contribution in [0.4, 0.5) is 5.69 Å². The van der Waals surface area contributed by atoms with Gasteiger partial charge in [0.15, 0.2) is 0 Å². The number of nitrogens with zero attached hydrogens (tertiary/aromatic N) is 2. The quantitative estimate of drug-likeness (QED) is 0.297. The van der Waals surface area contributed by atoms with E-state index in [1.54, 1.807) is 42.5 Å². The Morgan fingerprint density at radius 2 is 1.67 bits per heavy atom. The number of sulfonamides is 1. The summed E-state index contributed by atoms with van der Waals surface area (Å²) in [6.07, 6.45) is 6.96. The minimum absolute atomic E-state index is 0.0296. The van der Waals surface area contributed by atoms with Gasteiger partial charge in [-0.2, -0.15) is 0 Å². The molecule has 1 aliphatic rings. The second-order valence-electron chi connectivity index (χ2n) is 9.91. The van der Waals surface area contributed by atoms with Gasteiger partial charge in [0.25, 0.3) is 0 Å². The molecule has 0 unspecified atom stereocenters. The van der Waals surface area contributed by atoms with Crippen LogP contribution >= 0.6 is 34.8 Å². The third-order valence-corrected chi connectivity index (χ3v) is 9.11. The van der Waals surface area contributed by atoms with Gasteiger partial charge in [-0.25, -0.2) is 8.42 Å². The van der Waals surface area contributed by atoms with E-state index in [1.807, 2.05) is 6.92 Å². The van der Waals surface area contributed by atoms with Crippen LogP contribution in [-0.2, 0) is 26.2 Å². The number of anilines is 1. The zero-order valence-electron chi connectivity index (χ0n) is 22.3. The SMILES string of the molecule is CC[C@@H](C(=O)NC1CCCCC1)N(Cc1c(Cl)cccc1Cl)C(=O)CCCN(c1cccc(Cl)c1)S(C)(=O)=O. The smallest absolute Gasteiger partial charge is 0.243 e. The maximum Gasteiger partial charge on any atom is 0.243 e. The molecule has 0 spiro atoms. The van der Waals surface area contributed by atoms with Gasteiger partial charge in [0.1, 0.15) is 6.04 Å². The van der Waals surface area contributed by atoms with Gasteiger partial charge in [-0.1, -0.05) is 73.1 Å². The fourth-order valence-electron chi connectivity index (χ4n) is 4.95. The molecular weight excluding hydrogens is 581 g/mol. The van der Waals surface area contributed by atoms with Gasteiger partial charge >= 0.3 is 0 Å². The predicted octanol–water partition coefficient (Wildman–Crippen LogP) is 6.45. The first-order chi connectivity index (χ1) is 18.5. The predicted molar refractivity (Wildman–Crippen MR) is 159 cm³/mol. The molecule has 1 saturated carbocycles. The Morgan fingerprint density at radius 1 is 1.03 bits per heavy atom. The summed E-state index contributed by atoms with van der Waals surface area (Å²) in [4.78, 5) is 28.6. The molecule has 1 atom stereocenters. The van der Waals surface area contributed by atoms with Gasteiger partial charge in [0, 0.05) is 46.2 Å². The second-order valence-corrected chi connectivity index (χ2v) is 13.1. The van der Waals surface area contributed by atoms with Crippen LogP contribution in [0.5, 0.6) is 0 Å².